The number of hydrogen-bond donors (Lipinski definition) is 0. The van der Waals surface area contributed by atoms with Crippen molar-refractivity contribution in [3.63, 3.8) is 0 Å². The molecule has 0 saturated carbocycles. The highest BCUT2D eigenvalue weighted by Gasteiger charge is 2.16. The van der Waals surface area contributed by atoms with Crippen molar-refractivity contribution in [3.8, 4) is 27.9 Å². The van der Waals surface area contributed by atoms with Gasteiger partial charge in [-0.1, -0.05) is 82.7 Å². The molecule has 0 saturated heterocycles. The van der Waals surface area contributed by atoms with Gasteiger partial charge in [0.05, 0.1) is 11.0 Å². The normalized spacial score (nSPS) is 12.0. The van der Waals surface area contributed by atoms with Crippen molar-refractivity contribution < 1.29 is 0 Å². The van der Waals surface area contributed by atoms with E-state index in [2.05, 4.69) is 166 Å². The summed E-state index contributed by atoms with van der Waals surface area (Å²) >= 11 is 7.54. The first-order chi connectivity index (χ1) is 22.7. The van der Waals surface area contributed by atoms with Crippen molar-refractivity contribution >= 4 is 101 Å². The van der Waals surface area contributed by atoms with Gasteiger partial charge < -0.3 is 4.57 Å². The summed E-state index contributed by atoms with van der Waals surface area (Å²) < 4.78 is 8.84. The molecular weight excluding hydrogens is 663 g/mol. The molecule has 0 bridgehead atoms. The first-order valence-electron chi connectivity index (χ1n) is 15.4. The first kappa shape index (κ1) is 26.5. The Morgan fingerprint density at radius 3 is 1.63 bits per heavy atom. The van der Waals surface area contributed by atoms with E-state index in [1.54, 1.807) is 0 Å². The van der Waals surface area contributed by atoms with Crippen LogP contribution in [0.2, 0.25) is 0 Å². The second kappa shape index (κ2) is 10.1. The number of halogens is 1. The maximum atomic E-state index is 3.82. The van der Waals surface area contributed by atoms with Gasteiger partial charge in [0.1, 0.15) is 0 Å². The third-order valence-corrected chi connectivity index (χ3v) is 12.2. The predicted octanol–water partition coefficient (Wildman–Crippen LogP) is 13.6. The molecule has 0 atom stereocenters. The molecule has 0 spiro atoms. The van der Waals surface area contributed by atoms with Crippen LogP contribution in [0.25, 0.3) is 90.1 Å². The van der Waals surface area contributed by atoms with Gasteiger partial charge in [-0.05, 0) is 101 Å². The fraction of sp³-hybridized carbons (Fsp3) is 0. The third kappa shape index (κ3) is 3.97. The van der Waals surface area contributed by atoms with E-state index in [4.69, 9.17) is 0 Å². The van der Waals surface area contributed by atoms with E-state index in [0.717, 1.165) is 4.47 Å². The molecule has 0 N–H and O–H groups in total. The smallest absolute Gasteiger partial charge is 0.0541 e. The van der Waals surface area contributed by atoms with Crippen LogP contribution in [0.5, 0.6) is 0 Å². The van der Waals surface area contributed by atoms with Gasteiger partial charge in [0.25, 0.3) is 0 Å². The van der Waals surface area contributed by atoms with Gasteiger partial charge in [0.2, 0.25) is 0 Å². The Morgan fingerprint density at radius 1 is 0.391 bits per heavy atom. The zero-order valence-corrected chi connectivity index (χ0v) is 27.7. The summed E-state index contributed by atoms with van der Waals surface area (Å²) in [4.78, 5) is 0. The fourth-order valence-electron chi connectivity index (χ4n) is 7.11. The van der Waals surface area contributed by atoms with Crippen molar-refractivity contribution in [2.45, 2.75) is 0 Å². The van der Waals surface area contributed by atoms with Crippen LogP contribution in [0.1, 0.15) is 0 Å². The quantitative estimate of drug-likeness (QED) is 0.174. The molecule has 216 valence electrons. The van der Waals surface area contributed by atoms with Crippen LogP contribution in [0.3, 0.4) is 0 Å². The molecule has 7 aromatic carbocycles. The lowest BCUT2D eigenvalue weighted by Crippen LogP contribution is -1.93. The van der Waals surface area contributed by atoms with Gasteiger partial charge >= 0.3 is 0 Å². The molecule has 46 heavy (non-hydrogen) atoms. The predicted molar refractivity (Wildman–Crippen MR) is 205 cm³/mol. The monoisotopic (exact) mass is 685 g/mol. The average Bonchev–Trinajstić information content (AvgIpc) is 3.77. The first-order valence-corrected chi connectivity index (χ1v) is 17.8. The minimum absolute atomic E-state index is 1.15. The second-order valence-electron chi connectivity index (χ2n) is 11.9. The Hall–Kier alpha value is -4.74. The zero-order valence-electron chi connectivity index (χ0n) is 24.5. The van der Waals surface area contributed by atoms with E-state index < -0.39 is 0 Å². The molecule has 0 aliphatic rings. The number of benzene rings is 7. The van der Waals surface area contributed by atoms with Crippen LogP contribution in [-0.2, 0) is 0 Å². The molecule has 0 amide bonds. The number of aromatic nitrogens is 1. The van der Waals surface area contributed by atoms with Crippen molar-refractivity contribution in [1.82, 2.24) is 4.57 Å². The van der Waals surface area contributed by atoms with Gasteiger partial charge in [0, 0.05) is 61.3 Å². The molecular formula is C42H24BrNS2. The molecule has 0 unspecified atom stereocenters. The molecule has 3 aromatic heterocycles. The Balaban J connectivity index is 1.20. The van der Waals surface area contributed by atoms with Gasteiger partial charge in [-0.2, -0.15) is 0 Å². The second-order valence-corrected chi connectivity index (χ2v) is 14.9. The van der Waals surface area contributed by atoms with Crippen LogP contribution >= 0.6 is 38.6 Å². The Bertz CT molecular complexity index is 2820. The molecule has 0 radical (unpaired) electrons. The summed E-state index contributed by atoms with van der Waals surface area (Å²) in [6, 6.07) is 53.7. The minimum atomic E-state index is 1.15. The molecule has 0 aliphatic heterocycles. The highest BCUT2D eigenvalue weighted by Crippen LogP contribution is 2.42. The summed E-state index contributed by atoms with van der Waals surface area (Å²) in [6.45, 7) is 0. The van der Waals surface area contributed by atoms with Crippen LogP contribution in [0.15, 0.2) is 150 Å². The number of rotatable bonds is 3. The van der Waals surface area contributed by atoms with Crippen LogP contribution in [-0.4, -0.2) is 4.57 Å². The van der Waals surface area contributed by atoms with Gasteiger partial charge in [0.15, 0.2) is 0 Å². The maximum absolute atomic E-state index is 3.82. The molecule has 3 heterocycles. The lowest BCUT2D eigenvalue weighted by atomic mass is 9.98. The number of hydrogen-bond acceptors (Lipinski definition) is 2. The molecule has 4 heteroatoms. The summed E-state index contributed by atoms with van der Waals surface area (Å²) in [6.07, 6.45) is 0. The Morgan fingerprint density at radius 2 is 0.913 bits per heavy atom. The highest BCUT2D eigenvalue weighted by atomic mass is 79.9. The summed E-state index contributed by atoms with van der Waals surface area (Å²) in [5, 5.41) is 7.78. The van der Waals surface area contributed by atoms with Crippen LogP contribution < -0.4 is 0 Å². The minimum Gasteiger partial charge on any atom is -0.309 e. The third-order valence-electron chi connectivity index (χ3n) is 9.27. The van der Waals surface area contributed by atoms with Crippen molar-refractivity contribution in [2.24, 2.45) is 0 Å². The van der Waals surface area contributed by atoms with E-state index in [1.165, 1.54) is 90.1 Å². The van der Waals surface area contributed by atoms with Gasteiger partial charge in [-0.3, -0.25) is 0 Å². The maximum Gasteiger partial charge on any atom is 0.0541 e. The Kier molecular flexibility index (Phi) is 5.83. The molecule has 1 nitrogen and oxygen atoms in total. The van der Waals surface area contributed by atoms with E-state index in [-0.39, 0.29) is 0 Å². The molecule has 0 aliphatic carbocycles. The summed E-state index contributed by atoms with van der Waals surface area (Å²) in [5.41, 5.74) is 8.54. The Labute approximate surface area is 281 Å². The lowest BCUT2D eigenvalue weighted by molar-refractivity contribution is 1.18. The molecule has 10 aromatic rings. The van der Waals surface area contributed by atoms with Crippen molar-refractivity contribution in [3.05, 3.63) is 150 Å². The van der Waals surface area contributed by atoms with Crippen molar-refractivity contribution in [2.75, 3.05) is 0 Å². The van der Waals surface area contributed by atoms with Crippen molar-refractivity contribution in [1.29, 1.82) is 0 Å². The zero-order chi connectivity index (χ0) is 30.4. The highest BCUT2D eigenvalue weighted by molar-refractivity contribution is 9.10. The molecule has 10 rings (SSSR count). The van der Waals surface area contributed by atoms with E-state index in [1.807, 2.05) is 22.7 Å². The van der Waals surface area contributed by atoms with Gasteiger partial charge in [-0.25, -0.2) is 0 Å². The largest absolute Gasteiger partial charge is 0.309 e. The van der Waals surface area contributed by atoms with E-state index in [9.17, 15) is 0 Å². The summed E-state index contributed by atoms with van der Waals surface area (Å²) in [7, 11) is 0. The standard InChI is InChI=1S/C42H24BrNS2/c43-35-10-6-12-41-42(35)34-24-28(16-20-40(34)46-41)26-14-18-37-32(22-26)31-21-25(13-17-36(31)44(37)29-7-2-1-3-8-29)27-15-19-39-33(23-27)30-9-4-5-11-38(30)45-39/h1-24H. The topological polar surface area (TPSA) is 4.93 Å². The average molecular weight is 687 g/mol. The van der Waals surface area contributed by atoms with E-state index in [0.29, 0.717) is 0 Å². The summed E-state index contributed by atoms with van der Waals surface area (Å²) in [5.74, 6) is 0. The fourth-order valence-corrected chi connectivity index (χ4v) is 10.0. The van der Waals surface area contributed by atoms with E-state index >= 15 is 0 Å². The number of thiophene rings is 2. The lowest BCUT2D eigenvalue weighted by Gasteiger charge is -2.09. The van der Waals surface area contributed by atoms with Crippen LogP contribution in [0.4, 0.5) is 0 Å². The SMILES string of the molecule is Brc1cccc2sc3ccc(-c4ccc5c(c4)c4cc(-c6ccc7sc8ccccc8c7c6)ccc4n5-c4ccccc4)cc3c12. The molecule has 0 fully saturated rings. The van der Waals surface area contributed by atoms with Crippen LogP contribution in [0, 0.1) is 0 Å². The van der Waals surface area contributed by atoms with Gasteiger partial charge in [-0.15, -0.1) is 22.7 Å². The number of fused-ring (bicyclic) bond motifs is 9. The number of nitrogens with zero attached hydrogens (tertiary/aromatic N) is 1. The number of para-hydroxylation sites is 1.